The maximum Gasteiger partial charge on any atom is 0.198 e. The molecular weight excluding hydrogens is 271 g/mol. The van der Waals surface area contributed by atoms with Crippen molar-refractivity contribution in [1.29, 1.82) is 0 Å². The molecule has 0 aliphatic heterocycles. The number of nitrogens with zero attached hydrogens (tertiary/aromatic N) is 4. The minimum Gasteiger partial charge on any atom is -0.282 e. The average molecular weight is 279 g/mol. The molecule has 2 heterocycles. The number of halogens is 2. The van der Waals surface area contributed by atoms with Crippen LogP contribution < -0.4 is 0 Å². The lowest BCUT2D eigenvalue weighted by molar-refractivity contribution is 0.931. The SMILES string of the molecule is Clc1ccccc1Cc1nnc2c(Cl)nccn12. The van der Waals surface area contributed by atoms with Crippen molar-refractivity contribution in [2.75, 3.05) is 0 Å². The molecule has 18 heavy (non-hydrogen) atoms. The highest BCUT2D eigenvalue weighted by atomic mass is 35.5. The molecule has 6 heteroatoms. The van der Waals surface area contributed by atoms with Gasteiger partial charge in [0.2, 0.25) is 0 Å². The van der Waals surface area contributed by atoms with E-state index < -0.39 is 0 Å². The smallest absolute Gasteiger partial charge is 0.198 e. The third kappa shape index (κ3) is 1.94. The van der Waals surface area contributed by atoms with E-state index in [1.165, 1.54) is 0 Å². The molecule has 0 fully saturated rings. The van der Waals surface area contributed by atoms with Crippen LogP contribution in [0.4, 0.5) is 0 Å². The van der Waals surface area contributed by atoms with Crippen LogP contribution in [0.2, 0.25) is 10.2 Å². The number of hydrogen-bond donors (Lipinski definition) is 0. The van der Waals surface area contributed by atoms with Crippen molar-refractivity contribution in [2.24, 2.45) is 0 Å². The van der Waals surface area contributed by atoms with Gasteiger partial charge in [0.05, 0.1) is 0 Å². The van der Waals surface area contributed by atoms with Gasteiger partial charge < -0.3 is 0 Å². The quantitative estimate of drug-likeness (QED) is 0.724. The van der Waals surface area contributed by atoms with Crippen molar-refractivity contribution in [3.05, 3.63) is 58.2 Å². The summed E-state index contributed by atoms with van der Waals surface area (Å²) in [5, 5.41) is 9.20. The van der Waals surface area contributed by atoms with E-state index in [0.717, 1.165) is 16.4 Å². The van der Waals surface area contributed by atoms with Crippen molar-refractivity contribution in [3.63, 3.8) is 0 Å². The van der Waals surface area contributed by atoms with Crippen molar-refractivity contribution >= 4 is 28.8 Å². The fourth-order valence-electron chi connectivity index (χ4n) is 1.78. The molecule has 3 rings (SSSR count). The third-order valence-corrected chi connectivity index (χ3v) is 3.30. The molecule has 0 radical (unpaired) electrons. The molecule has 2 aromatic heterocycles. The second kappa shape index (κ2) is 4.55. The molecule has 0 aliphatic carbocycles. The molecule has 3 aromatic rings. The van der Waals surface area contributed by atoms with Gasteiger partial charge in [0.15, 0.2) is 10.8 Å². The summed E-state index contributed by atoms with van der Waals surface area (Å²) >= 11 is 12.1. The van der Waals surface area contributed by atoms with Crippen LogP contribution in [0.1, 0.15) is 11.4 Å². The van der Waals surface area contributed by atoms with Crippen molar-refractivity contribution in [1.82, 2.24) is 19.6 Å². The van der Waals surface area contributed by atoms with Crippen molar-refractivity contribution in [3.8, 4) is 0 Å². The van der Waals surface area contributed by atoms with Crippen LogP contribution in [-0.2, 0) is 6.42 Å². The summed E-state index contributed by atoms with van der Waals surface area (Å²) in [7, 11) is 0. The molecule has 0 saturated carbocycles. The van der Waals surface area contributed by atoms with E-state index in [1.54, 1.807) is 12.4 Å². The number of hydrogen-bond acceptors (Lipinski definition) is 3. The molecule has 0 spiro atoms. The maximum atomic E-state index is 6.13. The van der Waals surface area contributed by atoms with Crippen LogP contribution in [0.3, 0.4) is 0 Å². The molecule has 0 atom stereocenters. The minimum atomic E-state index is 0.343. The summed E-state index contributed by atoms with van der Waals surface area (Å²) in [4.78, 5) is 3.96. The zero-order chi connectivity index (χ0) is 12.5. The van der Waals surface area contributed by atoms with E-state index in [4.69, 9.17) is 23.2 Å². The Morgan fingerprint density at radius 3 is 2.78 bits per heavy atom. The first-order valence-electron chi connectivity index (χ1n) is 5.33. The van der Waals surface area contributed by atoms with Crippen LogP contribution in [0, 0.1) is 0 Å². The Morgan fingerprint density at radius 2 is 1.94 bits per heavy atom. The highest BCUT2D eigenvalue weighted by Gasteiger charge is 2.10. The monoisotopic (exact) mass is 278 g/mol. The Kier molecular flexibility index (Phi) is 2.89. The Bertz CT molecular complexity index is 708. The maximum absolute atomic E-state index is 6.13. The standard InChI is InChI=1S/C12H8Cl2N4/c13-9-4-2-1-3-8(9)7-10-16-17-12-11(14)15-5-6-18(10)12/h1-6H,7H2. The fourth-order valence-corrected chi connectivity index (χ4v) is 2.16. The van der Waals surface area contributed by atoms with Gasteiger partial charge in [-0.1, -0.05) is 41.4 Å². The van der Waals surface area contributed by atoms with Gasteiger partial charge >= 0.3 is 0 Å². The molecule has 0 N–H and O–H groups in total. The minimum absolute atomic E-state index is 0.343. The van der Waals surface area contributed by atoms with E-state index in [0.29, 0.717) is 17.2 Å². The van der Waals surface area contributed by atoms with Crippen LogP contribution in [0.5, 0.6) is 0 Å². The van der Waals surface area contributed by atoms with Crippen LogP contribution in [0.15, 0.2) is 36.7 Å². The normalized spacial score (nSPS) is 11.0. The second-order valence-corrected chi connectivity index (χ2v) is 4.56. The lowest BCUT2D eigenvalue weighted by atomic mass is 10.1. The first-order valence-corrected chi connectivity index (χ1v) is 6.09. The average Bonchev–Trinajstić information content (AvgIpc) is 2.77. The van der Waals surface area contributed by atoms with Gasteiger partial charge in [-0.15, -0.1) is 10.2 Å². The zero-order valence-corrected chi connectivity index (χ0v) is 10.7. The molecule has 1 aromatic carbocycles. The van der Waals surface area contributed by atoms with Gasteiger partial charge in [0.25, 0.3) is 0 Å². The van der Waals surface area contributed by atoms with Crippen molar-refractivity contribution < 1.29 is 0 Å². The van der Waals surface area contributed by atoms with Gasteiger partial charge in [0.1, 0.15) is 5.82 Å². The summed E-state index contributed by atoms with van der Waals surface area (Å²) in [5.41, 5.74) is 1.56. The predicted molar refractivity (Wildman–Crippen MR) is 70.1 cm³/mol. The van der Waals surface area contributed by atoms with E-state index >= 15 is 0 Å². The molecule has 0 aliphatic rings. The zero-order valence-electron chi connectivity index (χ0n) is 9.22. The van der Waals surface area contributed by atoms with E-state index in [-0.39, 0.29) is 0 Å². The molecule has 90 valence electrons. The summed E-state index contributed by atoms with van der Waals surface area (Å²) < 4.78 is 1.82. The molecule has 0 bridgehead atoms. The van der Waals surface area contributed by atoms with Gasteiger partial charge in [-0.2, -0.15) is 0 Å². The topological polar surface area (TPSA) is 43.1 Å². The third-order valence-electron chi connectivity index (χ3n) is 2.66. The van der Waals surface area contributed by atoms with Gasteiger partial charge in [-0.25, -0.2) is 4.98 Å². The Hall–Kier alpha value is -1.65. The summed E-state index contributed by atoms with van der Waals surface area (Å²) in [6.07, 6.45) is 4.00. The molecule has 0 amide bonds. The molecular formula is C12H8Cl2N4. The molecule has 0 saturated heterocycles. The van der Waals surface area contributed by atoms with Crippen molar-refractivity contribution in [2.45, 2.75) is 6.42 Å². The largest absolute Gasteiger partial charge is 0.282 e. The second-order valence-electron chi connectivity index (χ2n) is 3.80. The lowest BCUT2D eigenvalue weighted by Gasteiger charge is -2.02. The van der Waals surface area contributed by atoms with E-state index in [1.807, 2.05) is 28.7 Å². The van der Waals surface area contributed by atoms with Crippen LogP contribution in [-0.4, -0.2) is 19.6 Å². The van der Waals surface area contributed by atoms with Crippen LogP contribution in [0.25, 0.3) is 5.65 Å². The Labute approximate surface area is 113 Å². The first-order chi connectivity index (χ1) is 8.75. The summed E-state index contributed by atoms with van der Waals surface area (Å²) in [6, 6.07) is 7.66. The molecule has 0 unspecified atom stereocenters. The Balaban J connectivity index is 2.06. The summed E-state index contributed by atoms with van der Waals surface area (Å²) in [5.74, 6) is 0.780. The number of fused-ring (bicyclic) bond motifs is 1. The fraction of sp³-hybridized carbons (Fsp3) is 0.0833. The number of aromatic nitrogens is 4. The number of rotatable bonds is 2. The predicted octanol–water partition coefficient (Wildman–Crippen LogP) is 3.02. The van der Waals surface area contributed by atoms with Gasteiger partial charge in [-0.3, -0.25) is 4.40 Å². The lowest BCUT2D eigenvalue weighted by Crippen LogP contribution is -1.97. The highest BCUT2D eigenvalue weighted by molar-refractivity contribution is 6.32. The van der Waals surface area contributed by atoms with Gasteiger partial charge in [0, 0.05) is 23.8 Å². The molecule has 4 nitrogen and oxygen atoms in total. The van der Waals surface area contributed by atoms with Gasteiger partial charge in [-0.05, 0) is 11.6 Å². The first kappa shape index (κ1) is 11.4. The van der Waals surface area contributed by atoms with E-state index in [2.05, 4.69) is 15.2 Å². The number of benzene rings is 1. The summed E-state index contributed by atoms with van der Waals surface area (Å²) in [6.45, 7) is 0. The highest BCUT2D eigenvalue weighted by Crippen LogP contribution is 2.19. The van der Waals surface area contributed by atoms with E-state index in [9.17, 15) is 0 Å². The Morgan fingerprint density at radius 1 is 1.11 bits per heavy atom. The van der Waals surface area contributed by atoms with Crippen LogP contribution >= 0.6 is 23.2 Å².